The van der Waals surface area contributed by atoms with Gasteiger partial charge in [-0.1, -0.05) is 29.3 Å². The second kappa shape index (κ2) is 6.67. The van der Waals surface area contributed by atoms with E-state index in [0.717, 1.165) is 5.52 Å². The molecule has 1 aromatic carbocycles. The Kier molecular flexibility index (Phi) is 4.59. The first-order chi connectivity index (χ1) is 11.5. The van der Waals surface area contributed by atoms with Gasteiger partial charge in [0.1, 0.15) is 11.3 Å². The Balaban J connectivity index is 2.03. The van der Waals surface area contributed by atoms with Gasteiger partial charge in [0.2, 0.25) is 0 Å². The van der Waals surface area contributed by atoms with Crippen molar-refractivity contribution in [2.24, 2.45) is 0 Å². The summed E-state index contributed by atoms with van der Waals surface area (Å²) in [7, 11) is 0. The third-order valence-corrected chi connectivity index (χ3v) is 3.88. The van der Waals surface area contributed by atoms with Crippen LogP contribution in [0.4, 0.5) is 10.6 Å². The average molecular weight is 364 g/mol. The number of nitrogens with one attached hydrogen (secondary N) is 3. The molecule has 24 heavy (non-hydrogen) atoms. The number of nitrogens with zero attached hydrogens (tertiary/aromatic N) is 2. The molecule has 6 nitrogen and oxygen atoms in total. The quantitative estimate of drug-likeness (QED) is 0.642. The first-order valence-electron chi connectivity index (χ1n) is 7.32. The number of hydrogen-bond acceptors (Lipinski definition) is 3. The van der Waals surface area contributed by atoms with E-state index in [4.69, 9.17) is 23.2 Å². The van der Waals surface area contributed by atoms with Crippen LogP contribution in [0.3, 0.4) is 0 Å². The predicted octanol–water partition coefficient (Wildman–Crippen LogP) is 4.46. The van der Waals surface area contributed by atoms with Gasteiger partial charge in [-0.05, 0) is 32.0 Å². The maximum absolute atomic E-state index is 11.9. The van der Waals surface area contributed by atoms with Crippen LogP contribution in [0, 0.1) is 0 Å². The summed E-state index contributed by atoms with van der Waals surface area (Å²) in [4.78, 5) is 23.8. The van der Waals surface area contributed by atoms with Gasteiger partial charge >= 0.3 is 6.03 Å². The standard InChI is InChI=1S/C16H15Cl2N5O/c1-8(2)20-16(24)23-15-13-11(6-7-19-15)21-14(22-13)12-9(17)4-3-5-10(12)18/h3-8H,1-2H3,(H,21,22)(H2,19,20,23,24). The highest BCUT2D eigenvalue weighted by Crippen LogP contribution is 2.34. The fourth-order valence-corrected chi connectivity index (χ4v) is 2.85. The maximum Gasteiger partial charge on any atom is 0.320 e. The van der Waals surface area contributed by atoms with Crippen LogP contribution >= 0.6 is 23.2 Å². The van der Waals surface area contributed by atoms with E-state index in [0.29, 0.717) is 32.8 Å². The number of carbonyl (C=O) groups is 1. The summed E-state index contributed by atoms with van der Waals surface area (Å²) < 4.78 is 0. The number of carbonyl (C=O) groups excluding carboxylic acids is 1. The Morgan fingerprint density at radius 2 is 1.92 bits per heavy atom. The minimum atomic E-state index is -0.342. The van der Waals surface area contributed by atoms with Crippen LogP contribution in [0.15, 0.2) is 30.5 Å². The summed E-state index contributed by atoms with van der Waals surface area (Å²) in [5, 5.41) is 6.42. The minimum Gasteiger partial charge on any atom is -0.338 e. The number of anilines is 1. The Hall–Kier alpha value is -2.31. The summed E-state index contributed by atoms with van der Waals surface area (Å²) in [6.45, 7) is 3.75. The van der Waals surface area contributed by atoms with Crippen LogP contribution in [0.2, 0.25) is 10.0 Å². The zero-order valence-corrected chi connectivity index (χ0v) is 14.5. The molecule has 124 valence electrons. The molecule has 0 fully saturated rings. The molecular formula is C16H15Cl2N5O. The zero-order valence-electron chi connectivity index (χ0n) is 13.0. The van der Waals surface area contributed by atoms with Gasteiger partial charge in [0.15, 0.2) is 5.82 Å². The zero-order chi connectivity index (χ0) is 17.3. The largest absolute Gasteiger partial charge is 0.338 e. The van der Waals surface area contributed by atoms with Gasteiger partial charge < -0.3 is 10.3 Å². The molecule has 0 atom stereocenters. The van der Waals surface area contributed by atoms with Crippen molar-refractivity contribution in [3.63, 3.8) is 0 Å². The molecule has 0 bridgehead atoms. The second-order valence-electron chi connectivity index (χ2n) is 5.49. The normalized spacial score (nSPS) is 11.0. The van der Waals surface area contributed by atoms with Crippen molar-refractivity contribution in [2.45, 2.75) is 19.9 Å². The van der Waals surface area contributed by atoms with Crippen LogP contribution in [0.25, 0.3) is 22.4 Å². The smallest absolute Gasteiger partial charge is 0.320 e. The van der Waals surface area contributed by atoms with Gasteiger partial charge in [-0.25, -0.2) is 14.8 Å². The Labute approximate surface area is 148 Å². The number of urea groups is 1. The van der Waals surface area contributed by atoms with Gasteiger partial charge in [0.25, 0.3) is 0 Å². The molecule has 3 N–H and O–H groups in total. The molecule has 0 saturated heterocycles. The molecule has 8 heteroatoms. The lowest BCUT2D eigenvalue weighted by atomic mass is 10.2. The van der Waals surface area contributed by atoms with E-state index in [2.05, 4.69) is 25.6 Å². The number of H-pyrrole nitrogens is 1. The van der Waals surface area contributed by atoms with Gasteiger partial charge in [0.05, 0.1) is 21.1 Å². The molecule has 0 aliphatic rings. The predicted molar refractivity (Wildman–Crippen MR) is 96.6 cm³/mol. The summed E-state index contributed by atoms with van der Waals surface area (Å²) in [6.07, 6.45) is 1.59. The summed E-state index contributed by atoms with van der Waals surface area (Å²) in [6, 6.07) is 6.68. The highest BCUT2D eigenvalue weighted by Gasteiger charge is 2.16. The molecular weight excluding hydrogens is 349 g/mol. The lowest BCUT2D eigenvalue weighted by Crippen LogP contribution is -2.34. The van der Waals surface area contributed by atoms with Crippen molar-refractivity contribution in [3.05, 3.63) is 40.5 Å². The fourth-order valence-electron chi connectivity index (χ4n) is 2.28. The first kappa shape index (κ1) is 16.5. The molecule has 0 aliphatic carbocycles. The lowest BCUT2D eigenvalue weighted by Gasteiger charge is -2.09. The van der Waals surface area contributed by atoms with Gasteiger partial charge in [-0.2, -0.15) is 0 Å². The van der Waals surface area contributed by atoms with Crippen molar-refractivity contribution < 1.29 is 4.79 Å². The monoisotopic (exact) mass is 363 g/mol. The van der Waals surface area contributed by atoms with E-state index in [9.17, 15) is 4.79 Å². The Morgan fingerprint density at radius 1 is 1.21 bits per heavy atom. The molecule has 0 radical (unpaired) electrons. The van der Waals surface area contributed by atoms with E-state index >= 15 is 0 Å². The summed E-state index contributed by atoms with van der Waals surface area (Å²) >= 11 is 12.5. The number of hydrogen-bond donors (Lipinski definition) is 3. The maximum atomic E-state index is 11.9. The second-order valence-corrected chi connectivity index (χ2v) is 6.31. The molecule has 2 heterocycles. The Bertz CT molecular complexity index is 886. The van der Waals surface area contributed by atoms with Crippen LogP contribution in [-0.2, 0) is 0 Å². The van der Waals surface area contributed by atoms with E-state index in [-0.39, 0.29) is 12.1 Å². The van der Waals surface area contributed by atoms with Crippen molar-refractivity contribution in [1.29, 1.82) is 0 Å². The number of benzene rings is 1. The number of fused-ring (bicyclic) bond motifs is 1. The molecule has 0 aliphatic heterocycles. The highest BCUT2D eigenvalue weighted by atomic mass is 35.5. The van der Waals surface area contributed by atoms with Crippen LogP contribution < -0.4 is 10.6 Å². The van der Waals surface area contributed by atoms with Crippen molar-refractivity contribution in [2.75, 3.05) is 5.32 Å². The van der Waals surface area contributed by atoms with E-state index < -0.39 is 0 Å². The van der Waals surface area contributed by atoms with Crippen LogP contribution in [0.1, 0.15) is 13.8 Å². The van der Waals surface area contributed by atoms with Crippen molar-refractivity contribution in [3.8, 4) is 11.4 Å². The minimum absolute atomic E-state index is 0.0147. The SMILES string of the molecule is CC(C)NC(=O)Nc1nccc2[nH]c(-c3c(Cl)cccc3Cl)nc12. The highest BCUT2D eigenvalue weighted by molar-refractivity contribution is 6.39. The summed E-state index contributed by atoms with van der Waals surface area (Å²) in [5.74, 6) is 0.872. The third-order valence-electron chi connectivity index (χ3n) is 3.25. The third kappa shape index (κ3) is 3.29. The Morgan fingerprint density at radius 3 is 2.58 bits per heavy atom. The van der Waals surface area contributed by atoms with E-state index in [1.165, 1.54) is 0 Å². The van der Waals surface area contributed by atoms with Gasteiger partial charge in [0, 0.05) is 12.2 Å². The van der Waals surface area contributed by atoms with Gasteiger partial charge in [-0.15, -0.1) is 0 Å². The molecule has 3 aromatic rings. The van der Waals surface area contributed by atoms with Crippen LogP contribution in [-0.4, -0.2) is 27.0 Å². The fraction of sp³-hybridized carbons (Fsp3) is 0.188. The van der Waals surface area contributed by atoms with Crippen molar-refractivity contribution >= 4 is 46.1 Å². The molecule has 2 amide bonds. The van der Waals surface area contributed by atoms with Crippen LogP contribution in [0.5, 0.6) is 0 Å². The number of aromatic nitrogens is 3. The number of imidazole rings is 1. The average Bonchev–Trinajstić information content (AvgIpc) is 2.90. The molecule has 0 spiro atoms. The summed E-state index contributed by atoms with van der Waals surface area (Å²) in [5.41, 5.74) is 1.85. The lowest BCUT2D eigenvalue weighted by molar-refractivity contribution is 0.250. The number of amides is 2. The number of halogens is 2. The van der Waals surface area contributed by atoms with Crippen molar-refractivity contribution in [1.82, 2.24) is 20.3 Å². The number of rotatable bonds is 3. The van der Waals surface area contributed by atoms with Gasteiger partial charge in [-0.3, -0.25) is 5.32 Å². The molecule has 0 unspecified atom stereocenters. The molecule has 3 rings (SSSR count). The molecule has 0 saturated carbocycles. The number of aromatic amines is 1. The first-order valence-corrected chi connectivity index (χ1v) is 8.08. The number of pyridine rings is 1. The van der Waals surface area contributed by atoms with E-state index in [1.807, 2.05) is 13.8 Å². The molecule has 2 aromatic heterocycles. The van der Waals surface area contributed by atoms with E-state index in [1.54, 1.807) is 30.5 Å². The topological polar surface area (TPSA) is 82.7 Å².